The lowest BCUT2D eigenvalue weighted by atomic mass is 9.88. The lowest BCUT2D eigenvalue weighted by Gasteiger charge is -2.38. The number of hydrogen-bond acceptors (Lipinski definition) is 5. The van der Waals surface area contributed by atoms with Crippen LogP contribution in [0.2, 0.25) is 0 Å². The fourth-order valence-corrected chi connectivity index (χ4v) is 4.34. The summed E-state index contributed by atoms with van der Waals surface area (Å²) in [5.41, 5.74) is -0.490. The van der Waals surface area contributed by atoms with Gasteiger partial charge >= 0.3 is 0 Å². The molecule has 0 radical (unpaired) electrons. The van der Waals surface area contributed by atoms with E-state index in [0.717, 1.165) is 31.4 Å². The average Bonchev–Trinajstić information content (AvgIpc) is 3.05. The van der Waals surface area contributed by atoms with Gasteiger partial charge in [0.15, 0.2) is 0 Å². The highest BCUT2D eigenvalue weighted by atomic mass is 19.1. The third kappa shape index (κ3) is 4.18. The lowest BCUT2D eigenvalue weighted by Crippen LogP contribution is -2.51. The molecule has 2 aliphatic rings. The van der Waals surface area contributed by atoms with E-state index < -0.39 is 34.7 Å². The number of benzene rings is 2. The molecule has 166 valence electrons. The van der Waals surface area contributed by atoms with Gasteiger partial charge in [0.2, 0.25) is 5.91 Å². The summed E-state index contributed by atoms with van der Waals surface area (Å²) in [6.07, 6.45) is 3.91. The van der Waals surface area contributed by atoms with E-state index in [1.807, 2.05) is 6.07 Å². The summed E-state index contributed by atoms with van der Waals surface area (Å²) in [7, 11) is 0. The Morgan fingerprint density at radius 3 is 2.27 bits per heavy atom. The van der Waals surface area contributed by atoms with E-state index in [9.17, 15) is 18.4 Å². The van der Waals surface area contributed by atoms with E-state index in [2.05, 4.69) is 5.32 Å². The molecule has 2 aromatic carbocycles. The third-order valence-electron chi connectivity index (χ3n) is 5.95. The van der Waals surface area contributed by atoms with Gasteiger partial charge in [0.05, 0.1) is 11.6 Å². The SMILES string of the molecule is N#Cc1ccc(C2=NC3(CCCCC3)N(CC(=O)Nc3cc(F)c(C#N)c(F)c3)C2=O)cc1. The Labute approximate surface area is 189 Å². The minimum atomic E-state index is -1.08. The second kappa shape index (κ2) is 8.79. The summed E-state index contributed by atoms with van der Waals surface area (Å²) in [5.74, 6) is -3.21. The smallest absolute Gasteiger partial charge is 0.275 e. The first-order chi connectivity index (χ1) is 15.9. The van der Waals surface area contributed by atoms with E-state index in [4.69, 9.17) is 15.5 Å². The summed E-state index contributed by atoms with van der Waals surface area (Å²) in [5, 5.41) is 20.2. The molecule has 1 spiro atoms. The quantitative estimate of drug-likeness (QED) is 0.772. The van der Waals surface area contributed by atoms with Crippen LogP contribution in [0.3, 0.4) is 0 Å². The topological polar surface area (TPSA) is 109 Å². The standard InChI is InChI=1S/C24H19F2N5O2/c25-19-10-17(11-20(26)18(19)13-28)29-21(32)14-31-23(33)22(16-6-4-15(12-27)5-7-16)30-24(31)8-2-1-3-9-24/h4-7,10-11H,1-3,8-9,14H2,(H,29,32). The Hall–Kier alpha value is -4.11. The van der Waals surface area contributed by atoms with Crippen LogP contribution in [-0.2, 0) is 9.59 Å². The van der Waals surface area contributed by atoms with Gasteiger partial charge in [-0.25, -0.2) is 8.78 Å². The summed E-state index contributed by atoms with van der Waals surface area (Å²) in [4.78, 5) is 32.2. The number of amides is 2. The zero-order chi connectivity index (χ0) is 23.6. The Balaban J connectivity index is 1.58. The highest BCUT2D eigenvalue weighted by Gasteiger charge is 2.48. The minimum absolute atomic E-state index is 0.147. The largest absolute Gasteiger partial charge is 0.324 e. The summed E-state index contributed by atoms with van der Waals surface area (Å²) < 4.78 is 27.8. The van der Waals surface area contributed by atoms with E-state index in [1.165, 1.54) is 11.0 Å². The Bertz CT molecular complexity index is 1210. The molecule has 0 unspecified atom stereocenters. The molecule has 0 aromatic heterocycles. The van der Waals surface area contributed by atoms with Gasteiger partial charge in [-0.3, -0.25) is 14.6 Å². The van der Waals surface area contributed by atoms with Crippen LogP contribution in [-0.4, -0.2) is 34.6 Å². The normalized spacial score (nSPS) is 16.8. The summed E-state index contributed by atoms with van der Waals surface area (Å²) in [6.45, 7) is -0.342. The van der Waals surface area contributed by atoms with Crippen LogP contribution in [0.25, 0.3) is 0 Å². The number of carbonyl (C=O) groups is 2. The maximum Gasteiger partial charge on any atom is 0.275 e. The number of hydrogen-bond donors (Lipinski definition) is 1. The first-order valence-corrected chi connectivity index (χ1v) is 10.5. The van der Waals surface area contributed by atoms with Crippen molar-refractivity contribution in [3.63, 3.8) is 0 Å². The molecule has 7 nitrogen and oxygen atoms in total. The van der Waals surface area contributed by atoms with E-state index in [1.54, 1.807) is 24.3 Å². The van der Waals surface area contributed by atoms with E-state index >= 15 is 0 Å². The number of anilines is 1. The number of aliphatic imine (C=N–C) groups is 1. The number of rotatable bonds is 4. The molecule has 33 heavy (non-hydrogen) atoms. The minimum Gasteiger partial charge on any atom is -0.324 e. The first kappa shape index (κ1) is 22.1. The van der Waals surface area contributed by atoms with Crippen molar-refractivity contribution in [2.24, 2.45) is 4.99 Å². The van der Waals surface area contributed by atoms with Crippen molar-refractivity contribution < 1.29 is 18.4 Å². The molecule has 0 atom stereocenters. The molecule has 1 saturated carbocycles. The molecule has 1 aliphatic heterocycles. The Morgan fingerprint density at radius 2 is 1.70 bits per heavy atom. The second-order valence-corrected chi connectivity index (χ2v) is 8.06. The van der Waals surface area contributed by atoms with Crippen LogP contribution in [0.5, 0.6) is 0 Å². The maximum absolute atomic E-state index is 13.9. The van der Waals surface area contributed by atoms with Gasteiger partial charge in [0, 0.05) is 11.3 Å². The van der Waals surface area contributed by atoms with Crippen molar-refractivity contribution in [1.82, 2.24) is 4.90 Å². The average molecular weight is 447 g/mol. The molecule has 4 rings (SSSR count). The molecule has 1 fully saturated rings. The molecule has 0 bridgehead atoms. The van der Waals surface area contributed by atoms with Crippen molar-refractivity contribution in [1.29, 1.82) is 10.5 Å². The molecule has 1 heterocycles. The predicted octanol–water partition coefficient (Wildman–Crippen LogP) is 3.64. The van der Waals surface area contributed by atoms with Gasteiger partial charge in [0.1, 0.15) is 41.2 Å². The van der Waals surface area contributed by atoms with Gasteiger partial charge in [-0.05, 0) is 49.9 Å². The number of halogens is 2. The van der Waals surface area contributed by atoms with Gasteiger partial charge < -0.3 is 10.2 Å². The number of nitrogens with one attached hydrogen (secondary N) is 1. The number of carbonyl (C=O) groups excluding carboxylic acids is 2. The van der Waals surface area contributed by atoms with Crippen molar-refractivity contribution in [2.75, 3.05) is 11.9 Å². The highest BCUT2D eigenvalue weighted by Crippen LogP contribution is 2.39. The van der Waals surface area contributed by atoms with Crippen LogP contribution in [0, 0.1) is 34.3 Å². The van der Waals surface area contributed by atoms with Crippen molar-refractivity contribution >= 4 is 23.2 Å². The molecule has 2 amide bonds. The number of nitrogens with zero attached hydrogens (tertiary/aromatic N) is 4. The van der Waals surface area contributed by atoms with E-state index in [-0.39, 0.29) is 17.9 Å². The Morgan fingerprint density at radius 1 is 1.06 bits per heavy atom. The predicted molar refractivity (Wildman–Crippen MR) is 115 cm³/mol. The fraction of sp³-hybridized carbons (Fsp3) is 0.292. The Kier molecular flexibility index (Phi) is 5.89. The highest BCUT2D eigenvalue weighted by molar-refractivity contribution is 6.47. The van der Waals surface area contributed by atoms with Crippen molar-refractivity contribution in [3.8, 4) is 12.1 Å². The lowest BCUT2D eigenvalue weighted by molar-refractivity contribution is -0.134. The molecule has 1 aliphatic carbocycles. The molecule has 9 heteroatoms. The molecular formula is C24H19F2N5O2. The van der Waals surface area contributed by atoms with Crippen molar-refractivity contribution in [3.05, 3.63) is 64.7 Å². The zero-order valence-corrected chi connectivity index (χ0v) is 17.6. The van der Waals surface area contributed by atoms with E-state index in [0.29, 0.717) is 24.0 Å². The number of nitriles is 2. The van der Waals surface area contributed by atoms with Crippen LogP contribution in [0.4, 0.5) is 14.5 Å². The molecule has 1 N–H and O–H groups in total. The molecular weight excluding hydrogens is 428 g/mol. The monoisotopic (exact) mass is 447 g/mol. The van der Waals surface area contributed by atoms with Gasteiger partial charge in [-0.15, -0.1) is 0 Å². The van der Waals surface area contributed by atoms with Gasteiger partial charge in [-0.1, -0.05) is 18.6 Å². The summed E-state index contributed by atoms with van der Waals surface area (Å²) >= 11 is 0. The molecule has 2 aromatic rings. The fourth-order valence-electron chi connectivity index (χ4n) is 4.34. The molecule has 0 saturated heterocycles. The van der Waals surface area contributed by atoms with Crippen LogP contribution < -0.4 is 5.32 Å². The van der Waals surface area contributed by atoms with Gasteiger partial charge in [0.25, 0.3) is 5.91 Å². The second-order valence-electron chi connectivity index (χ2n) is 8.06. The van der Waals surface area contributed by atoms with Crippen molar-refractivity contribution in [2.45, 2.75) is 37.8 Å². The third-order valence-corrected chi connectivity index (χ3v) is 5.95. The first-order valence-electron chi connectivity index (χ1n) is 10.5. The van der Waals surface area contributed by atoms with Crippen LogP contribution >= 0.6 is 0 Å². The maximum atomic E-state index is 13.9. The zero-order valence-electron chi connectivity index (χ0n) is 17.6. The van der Waals surface area contributed by atoms with Crippen LogP contribution in [0.1, 0.15) is 48.8 Å². The summed E-state index contributed by atoms with van der Waals surface area (Å²) in [6, 6.07) is 11.7. The van der Waals surface area contributed by atoms with Crippen LogP contribution in [0.15, 0.2) is 41.4 Å². The van der Waals surface area contributed by atoms with Gasteiger partial charge in [-0.2, -0.15) is 10.5 Å².